The summed E-state index contributed by atoms with van der Waals surface area (Å²) < 4.78 is 0. The monoisotopic (exact) mass is 415 g/mol. The van der Waals surface area contributed by atoms with Crippen LogP contribution in [0.5, 0.6) is 0 Å². The molecule has 3 heterocycles. The summed E-state index contributed by atoms with van der Waals surface area (Å²) in [4.78, 5) is 27.8. The average Bonchev–Trinajstić information content (AvgIpc) is 3.19. The summed E-state index contributed by atoms with van der Waals surface area (Å²) in [5.74, 6) is 2.16. The zero-order valence-corrected chi connectivity index (χ0v) is 18.6. The fourth-order valence-electron chi connectivity index (χ4n) is 3.95. The fourth-order valence-corrected chi connectivity index (χ4v) is 3.95. The molecule has 3 rings (SSSR count). The van der Waals surface area contributed by atoms with Gasteiger partial charge in [-0.3, -0.25) is 4.79 Å². The van der Waals surface area contributed by atoms with Crippen LogP contribution in [0.4, 0.5) is 5.82 Å². The van der Waals surface area contributed by atoms with E-state index in [9.17, 15) is 4.79 Å². The van der Waals surface area contributed by atoms with E-state index in [1.165, 1.54) is 0 Å². The Kier molecular flexibility index (Phi) is 8.74. The number of piperazine rings is 1. The van der Waals surface area contributed by atoms with Gasteiger partial charge in [-0.1, -0.05) is 6.92 Å². The molecule has 1 aromatic heterocycles. The molecule has 166 valence electrons. The van der Waals surface area contributed by atoms with Gasteiger partial charge in [-0.05, 0) is 44.0 Å². The van der Waals surface area contributed by atoms with Crippen molar-refractivity contribution in [1.29, 1.82) is 0 Å². The Morgan fingerprint density at radius 2 is 2.00 bits per heavy atom. The van der Waals surface area contributed by atoms with Crippen LogP contribution in [-0.4, -0.2) is 85.6 Å². The number of likely N-dealkylation sites (tertiary alicyclic amines) is 1. The highest BCUT2D eigenvalue weighted by Gasteiger charge is 2.19. The van der Waals surface area contributed by atoms with E-state index in [-0.39, 0.29) is 0 Å². The smallest absolute Gasteiger partial charge is 0.222 e. The van der Waals surface area contributed by atoms with Crippen molar-refractivity contribution in [3.05, 3.63) is 23.9 Å². The Bertz CT molecular complexity index is 700. The predicted octanol–water partition coefficient (Wildman–Crippen LogP) is 1.29. The van der Waals surface area contributed by atoms with Crippen molar-refractivity contribution in [2.75, 3.05) is 63.8 Å². The molecule has 0 atom stereocenters. The third-order valence-corrected chi connectivity index (χ3v) is 5.79. The van der Waals surface area contributed by atoms with Gasteiger partial charge in [0.05, 0.1) is 6.54 Å². The van der Waals surface area contributed by atoms with Crippen LogP contribution in [0.15, 0.2) is 23.3 Å². The average molecular weight is 416 g/mol. The first-order valence-electron chi connectivity index (χ1n) is 11.4. The van der Waals surface area contributed by atoms with Crippen molar-refractivity contribution in [2.45, 2.75) is 39.7 Å². The number of aromatic nitrogens is 1. The highest BCUT2D eigenvalue weighted by molar-refractivity contribution is 5.80. The van der Waals surface area contributed by atoms with Crippen molar-refractivity contribution in [2.24, 2.45) is 4.99 Å². The number of anilines is 1. The number of hydrogen-bond acceptors (Lipinski definition) is 5. The molecule has 2 N–H and O–H groups in total. The van der Waals surface area contributed by atoms with Gasteiger partial charge in [-0.25, -0.2) is 9.98 Å². The van der Waals surface area contributed by atoms with Crippen molar-refractivity contribution in [3.8, 4) is 0 Å². The molecule has 8 nitrogen and oxygen atoms in total. The molecular formula is C22H37N7O. The molecule has 1 aromatic rings. The van der Waals surface area contributed by atoms with Gasteiger partial charge in [-0.2, -0.15) is 0 Å². The maximum absolute atomic E-state index is 11.7. The maximum atomic E-state index is 11.7. The van der Waals surface area contributed by atoms with Crippen LogP contribution in [0, 0.1) is 0 Å². The minimum Gasteiger partial charge on any atom is -0.357 e. The lowest BCUT2D eigenvalue weighted by Crippen LogP contribution is -2.46. The van der Waals surface area contributed by atoms with Gasteiger partial charge in [0.25, 0.3) is 0 Å². The van der Waals surface area contributed by atoms with Crippen LogP contribution in [0.3, 0.4) is 0 Å². The van der Waals surface area contributed by atoms with Crippen LogP contribution in [0.2, 0.25) is 0 Å². The summed E-state index contributed by atoms with van der Waals surface area (Å²) in [6.07, 6.45) is 4.53. The zero-order valence-electron chi connectivity index (χ0n) is 18.6. The summed E-state index contributed by atoms with van der Waals surface area (Å²) in [6.45, 7) is 13.6. The van der Waals surface area contributed by atoms with Crippen LogP contribution in [0.1, 0.15) is 38.7 Å². The van der Waals surface area contributed by atoms with Gasteiger partial charge in [-0.15, -0.1) is 0 Å². The molecule has 1 amide bonds. The minimum absolute atomic E-state index is 0.292. The highest BCUT2D eigenvalue weighted by Crippen LogP contribution is 2.15. The molecule has 0 saturated carbocycles. The largest absolute Gasteiger partial charge is 0.357 e. The van der Waals surface area contributed by atoms with Crippen molar-refractivity contribution in [1.82, 2.24) is 25.4 Å². The molecule has 2 fully saturated rings. The molecule has 0 aliphatic carbocycles. The zero-order chi connectivity index (χ0) is 21.2. The number of hydrogen-bond donors (Lipinski definition) is 2. The van der Waals surface area contributed by atoms with Crippen LogP contribution in [0.25, 0.3) is 0 Å². The lowest BCUT2D eigenvalue weighted by atomic mass is 10.2. The van der Waals surface area contributed by atoms with Gasteiger partial charge < -0.3 is 25.3 Å². The number of guanidine groups is 1. The van der Waals surface area contributed by atoms with Crippen molar-refractivity contribution in [3.63, 3.8) is 0 Å². The number of nitrogens with zero attached hydrogens (tertiary/aromatic N) is 5. The van der Waals surface area contributed by atoms with Crippen LogP contribution >= 0.6 is 0 Å². The second kappa shape index (κ2) is 11.7. The lowest BCUT2D eigenvalue weighted by Gasteiger charge is -2.34. The van der Waals surface area contributed by atoms with E-state index in [4.69, 9.17) is 4.99 Å². The van der Waals surface area contributed by atoms with Gasteiger partial charge in [0.1, 0.15) is 5.82 Å². The van der Waals surface area contributed by atoms with Crippen molar-refractivity contribution < 1.29 is 4.79 Å². The number of carbonyl (C=O) groups excluding carboxylic acids is 1. The first-order chi connectivity index (χ1) is 14.7. The number of carbonyl (C=O) groups is 1. The molecule has 0 spiro atoms. The molecule has 8 heteroatoms. The SMILES string of the molecule is CCNC(=NCc1ccnc(N2CCN(CC)CC2)c1)NCCCN1CCCC1=O. The number of pyridine rings is 1. The Morgan fingerprint density at radius 1 is 1.17 bits per heavy atom. The van der Waals surface area contributed by atoms with Gasteiger partial charge >= 0.3 is 0 Å². The van der Waals surface area contributed by atoms with Crippen LogP contribution in [-0.2, 0) is 11.3 Å². The van der Waals surface area contributed by atoms with E-state index in [0.717, 1.165) is 89.1 Å². The number of likely N-dealkylation sites (N-methyl/N-ethyl adjacent to an activating group) is 1. The van der Waals surface area contributed by atoms with Crippen LogP contribution < -0.4 is 15.5 Å². The fraction of sp³-hybridized carbons (Fsp3) is 0.682. The number of amides is 1. The van der Waals surface area contributed by atoms with E-state index in [1.54, 1.807) is 0 Å². The summed E-state index contributed by atoms with van der Waals surface area (Å²) in [5, 5.41) is 6.69. The third-order valence-electron chi connectivity index (χ3n) is 5.79. The van der Waals surface area contributed by atoms with Gasteiger partial charge in [0.15, 0.2) is 5.96 Å². The summed E-state index contributed by atoms with van der Waals surface area (Å²) in [6, 6.07) is 4.20. The molecule has 0 bridgehead atoms. The van der Waals surface area contributed by atoms with E-state index >= 15 is 0 Å². The van der Waals surface area contributed by atoms with E-state index < -0.39 is 0 Å². The Hall–Kier alpha value is -2.35. The third kappa shape index (κ3) is 6.58. The topological polar surface area (TPSA) is 76.1 Å². The standard InChI is InChI=1S/C22H37N7O/c1-3-23-22(25-9-6-12-29-11-5-7-21(29)30)26-18-19-8-10-24-20(17-19)28-15-13-27(4-2)14-16-28/h8,10,17H,3-7,9,11-16,18H2,1-2H3,(H2,23,25,26). The first kappa shape index (κ1) is 22.3. The van der Waals surface area contributed by atoms with Gasteiger partial charge in [0.2, 0.25) is 5.91 Å². The Balaban J connectivity index is 1.48. The molecule has 0 unspecified atom stereocenters. The number of aliphatic imine (C=N–C) groups is 1. The first-order valence-corrected chi connectivity index (χ1v) is 11.4. The Morgan fingerprint density at radius 3 is 2.70 bits per heavy atom. The quantitative estimate of drug-likeness (QED) is 0.360. The number of nitrogens with one attached hydrogen (secondary N) is 2. The van der Waals surface area contributed by atoms with Gasteiger partial charge in [0, 0.05) is 65.0 Å². The molecule has 2 saturated heterocycles. The summed E-state index contributed by atoms with van der Waals surface area (Å²) in [5.41, 5.74) is 1.16. The summed E-state index contributed by atoms with van der Waals surface area (Å²) in [7, 11) is 0. The normalized spacial score (nSPS) is 18.2. The van der Waals surface area contributed by atoms with Crippen molar-refractivity contribution >= 4 is 17.7 Å². The highest BCUT2D eigenvalue weighted by atomic mass is 16.2. The summed E-state index contributed by atoms with van der Waals surface area (Å²) >= 11 is 0. The second-order valence-corrected chi connectivity index (χ2v) is 7.90. The molecule has 0 aromatic carbocycles. The number of rotatable bonds is 9. The van der Waals surface area contributed by atoms with E-state index in [0.29, 0.717) is 18.9 Å². The molecule has 30 heavy (non-hydrogen) atoms. The van der Waals surface area contributed by atoms with E-state index in [1.807, 2.05) is 17.2 Å². The second-order valence-electron chi connectivity index (χ2n) is 7.90. The maximum Gasteiger partial charge on any atom is 0.222 e. The predicted molar refractivity (Wildman–Crippen MR) is 122 cm³/mol. The minimum atomic E-state index is 0.292. The molecular weight excluding hydrogens is 378 g/mol. The lowest BCUT2D eigenvalue weighted by molar-refractivity contribution is -0.127. The Labute approximate surface area is 180 Å². The molecule has 2 aliphatic heterocycles. The van der Waals surface area contributed by atoms with E-state index in [2.05, 4.69) is 45.3 Å². The molecule has 2 aliphatic rings. The molecule has 0 radical (unpaired) electrons.